The lowest BCUT2D eigenvalue weighted by Gasteiger charge is -2.19. The van der Waals surface area contributed by atoms with Gasteiger partial charge in [-0.2, -0.15) is 0 Å². The van der Waals surface area contributed by atoms with Crippen LogP contribution >= 0.6 is 23.1 Å². The Hall–Kier alpha value is -1.93. The summed E-state index contributed by atoms with van der Waals surface area (Å²) in [4.78, 5) is 42.9. The lowest BCUT2D eigenvalue weighted by molar-refractivity contribution is -0.139. The summed E-state index contributed by atoms with van der Waals surface area (Å²) in [6.07, 6.45) is 3.65. The first kappa shape index (κ1) is 18.4. The summed E-state index contributed by atoms with van der Waals surface area (Å²) in [5.41, 5.74) is 1.42. The molecule has 1 aliphatic carbocycles. The second-order valence-corrected chi connectivity index (χ2v) is 8.99. The van der Waals surface area contributed by atoms with Crippen LogP contribution in [-0.4, -0.2) is 35.1 Å². The van der Waals surface area contributed by atoms with Gasteiger partial charge in [0.25, 0.3) is 0 Å². The fraction of sp³-hybridized carbons (Fsp3) is 0.474. The molecule has 2 atom stereocenters. The van der Waals surface area contributed by atoms with Gasteiger partial charge in [0.05, 0.1) is 40.1 Å². The first-order chi connectivity index (χ1) is 13.1. The Morgan fingerprint density at radius 3 is 2.63 bits per heavy atom. The number of esters is 1. The van der Waals surface area contributed by atoms with E-state index in [4.69, 9.17) is 4.74 Å². The van der Waals surface area contributed by atoms with Gasteiger partial charge in [-0.3, -0.25) is 19.3 Å². The summed E-state index contributed by atoms with van der Waals surface area (Å²) in [6.45, 7) is 2.14. The maximum atomic E-state index is 12.8. The molecule has 8 heteroatoms. The number of imide groups is 1. The Kier molecular flexibility index (Phi) is 5.19. The van der Waals surface area contributed by atoms with Crippen molar-refractivity contribution in [1.82, 2.24) is 4.98 Å². The summed E-state index contributed by atoms with van der Waals surface area (Å²) in [6, 6.07) is 5.47. The zero-order valence-corrected chi connectivity index (χ0v) is 16.6. The van der Waals surface area contributed by atoms with Crippen LogP contribution < -0.4 is 4.90 Å². The molecule has 1 aromatic heterocycles. The number of benzene rings is 1. The van der Waals surface area contributed by atoms with Crippen LogP contribution in [0.15, 0.2) is 22.5 Å². The Labute approximate surface area is 165 Å². The van der Waals surface area contributed by atoms with Crippen molar-refractivity contribution in [2.24, 2.45) is 11.8 Å². The Bertz CT molecular complexity index is 886. The van der Waals surface area contributed by atoms with Crippen LogP contribution in [0.3, 0.4) is 0 Å². The third kappa shape index (κ3) is 3.48. The minimum Gasteiger partial charge on any atom is -0.465 e. The van der Waals surface area contributed by atoms with Crippen LogP contribution in [0, 0.1) is 11.8 Å². The van der Waals surface area contributed by atoms with E-state index in [9.17, 15) is 14.4 Å². The van der Waals surface area contributed by atoms with Crippen molar-refractivity contribution < 1.29 is 19.1 Å². The Morgan fingerprint density at radius 2 is 1.96 bits per heavy atom. The van der Waals surface area contributed by atoms with Gasteiger partial charge in [0.15, 0.2) is 4.34 Å². The van der Waals surface area contributed by atoms with Crippen molar-refractivity contribution >= 4 is 56.8 Å². The van der Waals surface area contributed by atoms with Crippen LogP contribution in [0.25, 0.3) is 10.2 Å². The molecule has 1 saturated heterocycles. The van der Waals surface area contributed by atoms with Gasteiger partial charge < -0.3 is 4.74 Å². The van der Waals surface area contributed by atoms with E-state index in [0.717, 1.165) is 40.2 Å². The number of anilines is 1. The highest BCUT2D eigenvalue weighted by Gasteiger charge is 2.48. The molecule has 6 nitrogen and oxygen atoms in total. The predicted octanol–water partition coefficient (Wildman–Crippen LogP) is 3.63. The average Bonchev–Trinajstić information content (AvgIpc) is 3.19. The first-order valence-electron chi connectivity index (χ1n) is 9.15. The van der Waals surface area contributed by atoms with Crippen LogP contribution in [0.1, 0.15) is 32.6 Å². The monoisotopic (exact) mass is 404 g/mol. The average molecular weight is 405 g/mol. The van der Waals surface area contributed by atoms with Crippen molar-refractivity contribution in [3.05, 3.63) is 18.2 Å². The molecule has 0 N–H and O–H groups in total. The van der Waals surface area contributed by atoms with E-state index in [1.807, 2.05) is 12.1 Å². The third-order valence-electron chi connectivity index (χ3n) is 5.07. The second-order valence-electron chi connectivity index (χ2n) is 6.73. The SMILES string of the molecule is CCOC(=O)CSc1nc2ccc(N3C(=O)[C@@H]4CCCC[C@H]4C3=O)cc2s1. The summed E-state index contributed by atoms with van der Waals surface area (Å²) < 4.78 is 6.59. The fourth-order valence-corrected chi connectivity index (χ4v) is 5.73. The maximum Gasteiger partial charge on any atom is 0.316 e. The van der Waals surface area contributed by atoms with Crippen molar-refractivity contribution in [2.45, 2.75) is 36.9 Å². The molecule has 27 heavy (non-hydrogen) atoms. The van der Waals surface area contributed by atoms with E-state index in [1.165, 1.54) is 28.0 Å². The lowest BCUT2D eigenvalue weighted by Crippen LogP contribution is -2.30. The van der Waals surface area contributed by atoms with Gasteiger partial charge in [-0.05, 0) is 38.0 Å². The molecule has 1 saturated carbocycles. The molecule has 2 amide bonds. The molecule has 0 bridgehead atoms. The number of amides is 2. The number of thiazole rings is 1. The maximum absolute atomic E-state index is 12.8. The molecule has 0 radical (unpaired) electrons. The van der Waals surface area contributed by atoms with Crippen LogP contribution in [0.2, 0.25) is 0 Å². The minimum atomic E-state index is -0.265. The first-order valence-corrected chi connectivity index (χ1v) is 11.0. The molecule has 2 heterocycles. The number of hydrogen-bond donors (Lipinski definition) is 0. The third-order valence-corrected chi connectivity index (χ3v) is 7.21. The van der Waals surface area contributed by atoms with Gasteiger partial charge in [-0.15, -0.1) is 11.3 Å². The van der Waals surface area contributed by atoms with Gasteiger partial charge in [-0.1, -0.05) is 24.6 Å². The number of hydrogen-bond acceptors (Lipinski definition) is 7. The van der Waals surface area contributed by atoms with E-state index < -0.39 is 0 Å². The number of carbonyl (C=O) groups is 3. The molecule has 2 aliphatic rings. The van der Waals surface area contributed by atoms with Crippen LogP contribution in [-0.2, 0) is 19.1 Å². The quantitative estimate of drug-likeness (QED) is 0.430. The number of ether oxygens (including phenoxy) is 1. The lowest BCUT2D eigenvalue weighted by atomic mass is 9.81. The zero-order chi connectivity index (χ0) is 19.0. The van der Waals surface area contributed by atoms with Crippen molar-refractivity contribution in [2.75, 3.05) is 17.3 Å². The number of nitrogens with zero attached hydrogens (tertiary/aromatic N) is 2. The van der Waals surface area contributed by atoms with Gasteiger partial charge in [0.1, 0.15) is 0 Å². The highest BCUT2D eigenvalue weighted by molar-refractivity contribution is 8.01. The van der Waals surface area contributed by atoms with Gasteiger partial charge in [-0.25, -0.2) is 4.98 Å². The Balaban J connectivity index is 1.55. The van der Waals surface area contributed by atoms with E-state index in [-0.39, 0.29) is 35.4 Å². The normalized spacial score (nSPS) is 22.3. The van der Waals surface area contributed by atoms with Crippen LogP contribution in [0.4, 0.5) is 5.69 Å². The highest BCUT2D eigenvalue weighted by atomic mass is 32.2. The molecule has 2 fully saturated rings. The minimum absolute atomic E-state index is 0.0644. The fourth-order valence-electron chi connectivity index (χ4n) is 3.83. The van der Waals surface area contributed by atoms with Gasteiger partial charge in [0.2, 0.25) is 11.8 Å². The molecular weight excluding hydrogens is 384 g/mol. The molecule has 1 aromatic carbocycles. The standard InChI is InChI=1S/C19H20N2O4S2/c1-2-25-16(22)10-26-19-20-14-8-7-11(9-15(14)27-19)21-17(23)12-5-3-4-6-13(12)18(21)24/h7-9,12-13H,2-6,10H2,1H3/t12-,13-/m1/s1. The van der Waals surface area contributed by atoms with Gasteiger partial charge >= 0.3 is 5.97 Å². The molecule has 142 valence electrons. The van der Waals surface area contributed by atoms with Crippen molar-refractivity contribution in [3.8, 4) is 0 Å². The van der Waals surface area contributed by atoms with E-state index in [2.05, 4.69) is 4.98 Å². The van der Waals surface area contributed by atoms with Gasteiger partial charge in [0, 0.05) is 0 Å². The predicted molar refractivity (Wildman–Crippen MR) is 105 cm³/mol. The number of thioether (sulfide) groups is 1. The molecule has 2 aromatic rings. The smallest absolute Gasteiger partial charge is 0.316 e. The van der Waals surface area contributed by atoms with Crippen molar-refractivity contribution in [1.29, 1.82) is 0 Å². The number of rotatable bonds is 5. The number of carbonyl (C=O) groups excluding carboxylic acids is 3. The Morgan fingerprint density at radius 1 is 1.26 bits per heavy atom. The molecule has 0 spiro atoms. The summed E-state index contributed by atoms with van der Waals surface area (Å²) in [7, 11) is 0. The summed E-state index contributed by atoms with van der Waals surface area (Å²) in [5.74, 6) is -0.486. The second kappa shape index (κ2) is 7.59. The number of fused-ring (bicyclic) bond motifs is 2. The highest BCUT2D eigenvalue weighted by Crippen LogP contribution is 2.41. The molecular formula is C19H20N2O4S2. The summed E-state index contributed by atoms with van der Waals surface area (Å²) >= 11 is 2.79. The topological polar surface area (TPSA) is 76.6 Å². The van der Waals surface area contributed by atoms with Crippen LogP contribution in [0.5, 0.6) is 0 Å². The molecule has 0 unspecified atom stereocenters. The number of aromatic nitrogens is 1. The molecule has 1 aliphatic heterocycles. The van der Waals surface area contributed by atoms with E-state index in [1.54, 1.807) is 13.0 Å². The van der Waals surface area contributed by atoms with E-state index >= 15 is 0 Å². The molecule has 4 rings (SSSR count). The summed E-state index contributed by atoms with van der Waals surface area (Å²) in [5, 5.41) is 0. The zero-order valence-electron chi connectivity index (χ0n) is 15.0. The van der Waals surface area contributed by atoms with E-state index in [0.29, 0.717) is 12.3 Å². The largest absolute Gasteiger partial charge is 0.465 e. The van der Waals surface area contributed by atoms with Crippen molar-refractivity contribution in [3.63, 3.8) is 0 Å².